The predicted octanol–water partition coefficient (Wildman–Crippen LogP) is 1.41. The molecule has 0 atom stereocenters. The summed E-state index contributed by atoms with van der Waals surface area (Å²) in [7, 11) is 1.25. The zero-order chi connectivity index (χ0) is 14.8. The standard InChI is InChI=1S/C14H22BNO4/c1-13(2)14(3,4)20-15(19-13)11-6-7-12(16-10-11)18-9-8-17-5/h6-7,10H,8-9H2,1-5H3. The highest BCUT2D eigenvalue weighted by Crippen LogP contribution is 2.36. The first kappa shape index (κ1) is 15.3. The second-order valence-electron chi connectivity index (χ2n) is 5.86. The Morgan fingerprint density at radius 2 is 1.75 bits per heavy atom. The van der Waals surface area contributed by atoms with E-state index in [-0.39, 0.29) is 18.3 Å². The molecule has 0 saturated carbocycles. The van der Waals surface area contributed by atoms with E-state index in [1.165, 1.54) is 0 Å². The first-order valence-corrected chi connectivity index (χ1v) is 6.79. The molecule has 20 heavy (non-hydrogen) atoms. The molecule has 0 amide bonds. The van der Waals surface area contributed by atoms with Crippen molar-refractivity contribution < 1.29 is 18.8 Å². The number of pyridine rings is 1. The summed E-state index contributed by atoms with van der Waals surface area (Å²) in [6, 6.07) is 3.73. The third-order valence-electron chi connectivity index (χ3n) is 3.82. The summed E-state index contributed by atoms with van der Waals surface area (Å²) in [5.74, 6) is 0.572. The van der Waals surface area contributed by atoms with E-state index >= 15 is 0 Å². The summed E-state index contributed by atoms with van der Waals surface area (Å²) < 4.78 is 22.3. The lowest BCUT2D eigenvalue weighted by molar-refractivity contribution is 0.00578. The number of aromatic nitrogens is 1. The van der Waals surface area contributed by atoms with E-state index in [0.717, 1.165) is 5.46 Å². The van der Waals surface area contributed by atoms with Crippen LogP contribution in [-0.4, -0.2) is 43.6 Å². The Balaban J connectivity index is 2.01. The zero-order valence-electron chi connectivity index (χ0n) is 12.8. The fraction of sp³-hybridized carbons (Fsp3) is 0.643. The average Bonchev–Trinajstić information content (AvgIpc) is 2.60. The Morgan fingerprint density at radius 3 is 2.25 bits per heavy atom. The number of methoxy groups -OCH3 is 1. The second kappa shape index (κ2) is 5.72. The molecule has 110 valence electrons. The number of hydrogen-bond acceptors (Lipinski definition) is 5. The van der Waals surface area contributed by atoms with Crippen molar-refractivity contribution in [3.8, 4) is 5.88 Å². The van der Waals surface area contributed by atoms with Gasteiger partial charge in [-0.1, -0.05) is 6.07 Å². The minimum Gasteiger partial charge on any atom is -0.475 e. The Hall–Kier alpha value is -1.11. The molecule has 0 aliphatic carbocycles. The van der Waals surface area contributed by atoms with E-state index in [9.17, 15) is 0 Å². The summed E-state index contributed by atoms with van der Waals surface area (Å²) in [4.78, 5) is 4.25. The monoisotopic (exact) mass is 279 g/mol. The maximum Gasteiger partial charge on any atom is 0.496 e. The van der Waals surface area contributed by atoms with Crippen LogP contribution in [0.3, 0.4) is 0 Å². The van der Waals surface area contributed by atoms with Crippen LogP contribution in [0.2, 0.25) is 0 Å². The molecule has 5 nitrogen and oxygen atoms in total. The zero-order valence-corrected chi connectivity index (χ0v) is 12.8. The van der Waals surface area contributed by atoms with Crippen molar-refractivity contribution in [1.82, 2.24) is 4.98 Å². The Morgan fingerprint density at radius 1 is 1.10 bits per heavy atom. The van der Waals surface area contributed by atoms with Gasteiger partial charge in [0.2, 0.25) is 5.88 Å². The molecule has 0 aromatic carbocycles. The molecular weight excluding hydrogens is 257 g/mol. The van der Waals surface area contributed by atoms with Crippen LogP contribution in [0.25, 0.3) is 0 Å². The molecule has 0 bridgehead atoms. The number of ether oxygens (including phenoxy) is 2. The highest BCUT2D eigenvalue weighted by atomic mass is 16.7. The van der Waals surface area contributed by atoms with Gasteiger partial charge in [0.05, 0.1) is 17.8 Å². The summed E-state index contributed by atoms with van der Waals surface area (Å²) in [6.07, 6.45) is 1.73. The van der Waals surface area contributed by atoms with Gasteiger partial charge < -0.3 is 18.8 Å². The first-order valence-electron chi connectivity index (χ1n) is 6.79. The van der Waals surface area contributed by atoms with E-state index in [4.69, 9.17) is 18.8 Å². The Labute approximate surface area is 120 Å². The van der Waals surface area contributed by atoms with Crippen molar-refractivity contribution in [2.24, 2.45) is 0 Å². The fourth-order valence-corrected chi connectivity index (χ4v) is 1.83. The maximum absolute atomic E-state index is 5.97. The quantitative estimate of drug-likeness (QED) is 0.602. The lowest BCUT2D eigenvalue weighted by atomic mass is 9.80. The summed E-state index contributed by atoms with van der Waals surface area (Å²) in [5, 5.41) is 0. The van der Waals surface area contributed by atoms with Crippen molar-refractivity contribution >= 4 is 12.6 Å². The summed E-state index contributed by atoms with van der Waals surface area (Å²) in [6.45, 7) is 9.15. The Bertz CT molecular complexity index is 431. The molecule has 0 N–H and O–H groups in total. The average molecular weight is 279 g/mol. The molecular formula is C14H22BNO4. The third-order valence-corrected chi connectivity index (χ3v) is 3.82. The predicted molar refractivity (Wildman–Crippen MR) is 77.3 cm³/mol. The largest absolute Gasteiger partial charge is 0.496 e. The number of rotatable bonds is 5. The molecule has 1 aliphatic rings. The lowest BCUT2D eigenvalue weighted by Gasteiger charge is -2.32. The number of hydrogen-bond donors (Lipinski definition) is 0. The van der Waals surface area contributed by atoms with Crippen LogP contribution in [0.15, 0.2) is 18.3 Å². The van der Waals surface area contributed by atoms with E-state index in [1.54, 1.807) is 13.3 Å². The van der Waals surface area contributed by atoms with Gasteiger partial charge in [-0.25, -0.2) is 4.98 Å². The Kier molecular flexibility index (Phi) is 4.37. The summed E-state index contributed by atoms with van der Waals surface area (Å²) in [5.41, 5.74) is 0.208. The van der Waals surface area contributed by atoms with Gasteiger partial charge in [0.15, 0.2) is 0 Å². The van der Waals surface area contributed by atoms with E-state index in [0.29, 0.717) is 19.1 Å². The van der Waals surface area contributed by atoms with Crippen LogP contribution >= 0.6 is 0 Å². The van der Waals surface area contributed by atoms with Crippen LogP contribution in [-0.2, 0) is 14.0 Å². The molecule has 2 rings (SSSR count). The molecule has 0 spiro atoms. The van der Waals surface area contributed by atoms with Gasteiger partial charge in [-0.2, -0.15) is 0 Å². The maximum atomic E-state index is 5.97. The molecule has 1 aromatic heterocycles. The topological polar surface area (TPSA) is 49.8 Å². The van der Waals surface area contributed by atoms with Crippen LogP contribution in [0, 0.1) is 0 Å². The first-order chi connectivity index (χ1) is 9.36. The van der Waals surface area contributed by atoms with Crippen molar-refractivity contribution in [3.63, 3.8) is 0 Å². The SMILES string of the molecule is COCCOc1ccc(B2OC(C)(C)C(C)(C)O2)cn1. The second-order valence-corrected chi connectivity index (χ2v) is 5.86. The third kappa shape index (κ3) is 3.14. The minimum atomic E-state index is -0.388. The fourth-order valence-electron chi connectivity index (χ4n) is 1.83. The number of nitrogens with zero attached hydrogens (tertiary/aromatic N) is 1. The molecule has 1 aliphatic heterocycles. The van der Waals surface area contributed by atoms with Gasteiger partial charge in [-0.15, -0.1) is 0 Å². The minimum absolute atomic E-state index is 0.342. The van der Waals surface area contributed by atoms with Crippen molar-refractivity contribution in [2.75, 3.05) is 20.3 Å². The molecule has 1 fully saturated rings. The van der Waals surface area contributed by atoms with Crippen molar-refractivity contribution in [1.29, 1.82) is 0 Å². The van der Waals surface area contributed by atoms with Gasteiger partial charge in [0.25, 0.3) is 0 Å². The van der Waals surface area contributed by atoms with Gasteiger partial charge in [0.1, 0.15) is 6.61 Å². The highest BCUT2D eigenvalue weighted by Gasteiger charge is 2.51. The van der Waals surface area contributed by atoms with Gasteiger partial charge >= 0.3 is 7.12 Å². The van der Waals surface area contributed by atoms with Crippen molar-refractivity contribution in [3.05, 3.63) is 18.3 Å². The van der Waals surface area contributed by atoms with Gasteiger partial charge in [0, 0.05) is 18.8 Å². The van der Waals surface area contributed by atoms with Crippen LogP contribution in [0.5, 0.6) is 5.88 Å². The van der Waals surface area contributed by atoms with E-state index in [1.807, 2.05) is 39.8 Å². The molecule has 0 unspecified atom stereocenters. The molecule has 0 radical (unpaired) electrons. The van der Waals surface area contributed by atoms with Gasteiger partial charge in [-0.3, -0.25) is 0 Å². The molecule has 6 heteroatoms. The summed E-state index contributed by atoms with van der Waals surface area (Å²) >= 11 is 0. The highest BCUT2D eigenvalue weighted by molar-refractivity contribution is 6.62. The smallest absolute Gasteiger partial charge is 0.475 e. The van der Waals surface area contributed by atoms with Crippen LogP contribution in [0.1, 0.15) is 27.7 Å². The lowest BCUT2D eigenvalue weighted by Crippen LogP contribution is -2.41. The molecule has 1 saturated heterocycles. The van der Waals surface area contributed by atoms with Gasteiger partial charge in [-0.05, 0) is 33.8 Å². The van der Waals surface area contributed by atoms with E-state index in [2.05, 4.69) is 4.98 Å². The van der Waals surface area contributed by atoms with E-state index < -0.39 is 0 Å². The van der Waals surface area contributed by atoms with Crippen molar-refractivity contribution in [2.45, 2.75) is 38.9 Å². The molecule has 1 aromatic rings. The normalized spacial score (nSPS) is 20.1. The van der Waals surface area contributed by atoms with Crippen LogP contribution < -0.4 is 10.2 Å². The molecule has 2 heterocycles. The van der Waals surface area contributed by atoms with Crippen LogP contribution in [0.4, 0.5) is 0 Å².